The van der Waals surface area contributed by atoms with Gasteiger partial charge in [0, 0.05) is 0 Å². The Labute approximate surface area is 131 Å². The summed E-state index contributed by atoms with van der Waals surface area (Å²) in [4.78, 5) is 7.36. The van der Waals surface area contributed by atoms with E-state index in [0.29, 0.717) is 11.1 Å². The Morgan fingerprint density at radius 3 is 2.62 bits per heavy atom. The van der Waals surface area contributed by atoms with Crippen molar-refractivity contribution in [3.05, 3.63) is 45.8 Å². The summed E-state index contributed by atoms with van der Waals surface area (Å²) in [6, 6.07) is 6.11. The van der Waals surface area contributed by atoms with Crippen molar-refractivity contribution in [3.63, 3.8) is 0 Å². The lowest BCUT2D eigenvalue weighted by atomic mass is 10.1. The van der Waals surface area contributed by atoms with Crippen molar-refractivity contribution in [3.8, 4) is 6.07 Å². The van der Waals surface area contributed by atoms with Gasteiger partial charge in [-0.25, -0.2) is 18.4 Å². The van der Waals surface area contributed by atoms with Crippen molar-refractivity contribution in [1.82, 2.24) is 9.97 Å². The van der Waals surface area contributed by atoms with Gasteiger partial charge in [0.2, 0.25) is 0 Å². The molecule has 2 rings (SSSR count). The SMILES string of the molecule is Cc1cc(S(=O)(=O)Nc2ncnc(Cl)c2Cl)ccc1C#N. The lowest BCUT2D eigenvalue weighted by molar-refractivity contribution is 0.601. The zero-order chi connectivity index (χ0) is 15.6. The largest absolute Gasteiger partial charge is 0.263 e. The predicted octanol–water partition coefficient (Wildman–Crippen LogP) is 2.76. The monoisotopic (exact) mass is 342 g/mol. The molecule has 0 radical (unpaired) electrons. The van der Waals surface area contributed by atoms with Gasteiger partial charge in [0.15, 0.2) is 11.0 Å². The van der Waals surface area contributed by atoms with Crippen LogP contribution in [0.4, 0.5) is 5.82 Å². The van der Waals surface area contributed by atoms with Crippen LogP contribution >= 0.6 is 23.2 Å². The van der Waals surface area contributed by atoms with Crippen molar-refractivity contribution in [2.45, 2.75) is 11.8 Å². The highest BCUT2D eigenvalue weighted by molar-refractivity contribution is 7.92. The van der Waals surface area contributed by atoms with Crippen molar-refractivity contribution in [2.75, 3.05) is 4.72 Å². The minimum atomic E-state index is -3.89. The van der Waals surface area contributed by atoms with Crippen LogP contribution in [0, 0.1) is 18.3 Å². The average Bonchev–Trinajstić information content (AvgIpc) is 2.43. The molecule has 0 aliphatic heterocycles. The molecule has 0 spiro atoms. The number of rotatable bonds is 3. The number of sulfonamides is 1. The number of anilines is 1. The number of halogens is 2. The Kier molecular flexibility index (Phi) is 4.32. The number of benzene rings is 1. The fraction of sp³-hybridized carbons (Fsp3) is 0.0833. The summed E-state index contributed by atoms with van der Waals surface area (Å²) in [5.74, 6) is -0.112. The van der Waals surface area contributed by atoms with E-state index in [1.807, 2.05) is 6.07 Å². The quantitative estimate of drug-likeness (QED) is 0.865. The van der Waals surface area contributed by atoms with Gasteiger partial charge in [0.05, 0.1) is 16.5 Å². The van der Waals surface area contributed by atoms with Crippen LogP contribution in [-0.2, 0) is 10.0 Å². The fourth-order valence-electron chi connectivity index (χ4n) is 1.53. The molecule has 0 atom stereocenters. The molecule has 9 heteroatoms. The van der Waals surface area contributed by atoms with Crippen molar-refractivity contribution < 1.29 is 8.42 Å². The topological polar surface area (TPSA) is 95.7 Å². The van der Waals surface area contributed by atoms with Gasteiger partial charge < -0.3 is 0 Å². The second kappa shape index (κ2) is 5.85. The molecule has 0 saturated heterocycles. The van der Waals surface area contributed by atoms with Crippen LogP contribution in [0.1, 0.15) is 11.1 Å². The maximum atomic E-state index is 12.3. The van der Waals surface area contributed by atoms with Gasteiger partial charge in [0.1, 0.15) is 11.3 Å². The minimum Gasteiger partial charge on any atom is -0.262 e. The van der Waals surface area contributed by atoms with E-state index < -0.39 is 10.0 Å². The highest BCUT2D eigenvalue weighted by Crippen LogP contribution is 2.27. The fourth-order valence-corrected chi connectivity index (χ4v) is 2.97. The molecule has 2 aromatic rings. The summed E-state index contributed by atoms with van der Waals surface area (Å²) in [6.07, 6.45) is 1.09. The first-order valence-electron chi connectivity index (χ1n) is 5.54. The first-order valence-corrected chi connectivity index (χ1v) is 7.78. The summed E-state index contributed by atoms with van der Waals surface area (Å²) in [7, 11) is -3.89. The van der Waals surface area contributed by atoms with Gasteiger partial charge in [-0.2, -0.15) is 5.26 Å². The molecule has 1 aromatic carbocycles. The Morgan fingerprint density at radius 2 is 2.00 bits per heavy atom. The molecule has 1 aromatic heterocycles. The zero-order valence-electron chi connectivity index (χ0n) is 10.6. The second-order valence-corrected chi connectivity index (χ2v) is 6.44. The van der Waals surface area contributed by atoms with Crippen molar-refractivity contribution in [2.24, 2.45) is 0 Å². The number of nitrogens with one attached hydrogen (secondary N) is 1. The maximum absolute atomic E-state index is 12.3. The van der Waals surface area contributed by atoms with E-state index in [-0.39, 0.29) is 20.9 Å². The molecule has 0 aliphatic rings. The highest BCUT2D eigenvalue weighted by Gasteiger charge is 2.18. The molecule has 0 aliphatic carbocycles. The van der Waals surface area contributed by atoms with E-state index in [0.717, 1.165) is 6.33 Å². The smallest absolute Gasteiger partial charge is 0.262 e. The number of nitriles is 1. The van der Waals surface area contributed by atoms with Crippen LogP contribution in [-0.4, -0.2) is 18.4 Å². The van der Waals surface area contributed by atoms with E-state index in [9.17, 15) is 8.42 Å². The third kappa shape index (κ3) is 3.24. The van der Waals surface area contributed by atoms with Crippen molar-refractivity contribution in [1.29, 1.82) is 5.26 Å². The predicted molar refractivity (Wildman–Crippen MR) is 78.8 cm³/mol. The number of nitrogens with zero attached hydrogens (tertiary/aromatic N) is 3. The van der Waals surface area contributed by atoms with Crippen LogP contribution in [0.5, 0.6) is 0 Å². The van der Waals surface area contributed by atoms with Gasteiger partial charge in [-0.15, -0.1) is 0 Å². The number of aryl methyl sites for hydroxylation is 1. The van der Waals surface area contributed by atoms with Crippen LogP contribution in [0.25, 0.3) is 0 Å². The normalized spacial score (nSPS) is 11.0. The van der Waals surface area contributed by atoms with Crippen LogP contribution in [0.3, 0.4) is 0 Å². The molecule has 0 bridgehead atoms. The van der Waals surface area contributed by atoms with E-state index in [1.54, 1.807) is 6.92 Å². The van der Waals surface area contributed by atoms with E-state index >= 15 is 0 Å². The summed E-state index contributed by atoms with van der Waals surface area (Å²) in [6.45, 7) is 1.64. The Balaban J connectivity index is 2.41. The lowest BCUT2D eigenvalue weighted by Gasteiger charge is -2.09. The molecule has 6 nitrogen and oxygen atoms in total. The van der Waals surface area contributed by atoms with E-state index in [2.05, 4.69) is 14.7 Å². The summed E-state index contributed by atoms with van der Waals surface area (Å²) in [5, 5.41) is 8.71. The molecule has 108 valence electrons. The Morgan fingerprint density at radius 1 is 1.29 bits per heavy atom. The number of aromatic nitrogens is 2. The van der Waals surface area contributed by atoms with Gasteiger partial charge in [0.25, 0.3) is 10.0 Å². The minimum absolute atomic E-state index is 0.00944. The van der Waals surface area contributed by atoms with Crippen LogP contribution in [0.2, 0.25) is 10.2 Å². The zero-order valence-corrected chi connectivity index (χ0v) is 13.0. The maximum Gasteiger partial charge on any atom is 0.263 e. The van der Waals surface area contributed by atoms with E-state index in [4.69, 9.17) is 28.5 Å². The first-order chi connectivity index (χ1) is 9.85. The number of hydrogen-bond donors (Lipinski definition) is 1. The Hall–Kier alpha value is -1.88. The van der Waals surface area contributed by atoms with Crippen LogP contribution in [0.15, 0.2) is 29.4 Å². The number of hydrogen-bond acceptors (Lipinski definition) is 5. The van der Waals surface area contributed by atoms with E-state index in [1.165, 1.54) is 18.2 Å². The highest BCUT2D eigenvalue weighted by atomic mass is 35.5. The van der Waals surface area contributed by atoms with Gasteiger partial charge in [-0.3, -0.25) is 4.72 Å². The molecule has 1 N–H and O–H groups in total. The third-order valence-electron chi connectivity index (χ3n) is 2.61. The molecule has 0 saturated carbocycles. The standard InChI is InChI=1S/C12H8Cl2N4O2S/c1-7-4-9(3-2-8(7)5-15)21(19,20)18-12-10(13)11(14)16-6-17-12/h2-4,6H,1H3,(H,16,17,18). The molecule has 0 unspecified atom stereocenters. The molecule has 0 fully saturated rings. The molecule has 0 amide bonds. The van der Waals surface area contributed by atoms with Crippen molar-refractivity contribution >= 4 is 39.0 Å². The van der Waals surface area contributed by atoms with Gasteiger partial charge >= 0.3 is 0 Å². The third-order valence-corrected chi connectivity index (χ3v) is 4.68. The van der Waals surface area contributed by atoms with Gasteiger partial charge in [-0.1, -0.05) is 23.2 Å². The van der Waals surface area contributed by atoms with Crippen LogP contribution < -0.4 is 4.72 Å². The summed E-state index contributed by atoms with van der Waals surface area (Å²) < 4.78 is 26.8. The Bertz CT molecular complexity index is 847. The molecular formula is C12H8Cl2N4O2S. The van der Waals surface area contributed by atoms with Gasteiger partial charge in [-0.05, 0) is 30.7 Å². The molecule has 1 heterocycles. The summed E-state index contributed by atoms with van der Waals surface area (Å²) >= 11 is 11.5. The molecule has 21 heavy (non-hydrogen) atoms. The molecular weight excluding hydrogens is 335 g/mol. The summed E-state index contributed by atoms with van der Waals surface area (Å²) in [5.41, 5.74) is 0.948. The lowest BCUT2D eigenvalue weighted by Crippen LogP contribution is -2.14. The second-order valence-electron chi connectivity index (χ2n) is 4.02. The first kappa shape index (κ1) is 15.5. The average molecular weight is 343 g/mol.